The first-order chi connectivity index (χ1) is 7.77. The van der Waals surface area contributed by atoms with E-state index in [1.54, 1.807) is 0 Å². The lowest BCUT2D eigenvalue weighted by atomic mass is 10.2. The smallest absolute Gasteiger partial charge is 0.0195 e. The number of hydrogen-bond acceptors (Lipinski definition) is 3. The van der Waals surface area contributed by atoms with Gasteiger partial charge in [-0.15, -0.1) is 0 Å². The van der Waals surface area contributed by atoms with E-state index in [-0.39, 0.29) is 0 Å². The van der Waals surface area contributed by atoms with Crippen LogP contribution in [0.3, 0.4) is 0 Å². The fourth-order valence-corrected chi connectivity index (χ4v) is 4.02. The monoisotopic (exact) mass is 242 g/mol. The van der Waals surface area contributed by atoms with Crippen molar-refractivity contribution in [3.05, 3.63) is 0 Å². The summed E-state index contributed by atoms with van der Waals surface area (Å²) in [5.74, 6) is 2.63. The second-order valence-electron chi connectivity index (χ2n) is 5.40. The zero-order valence-corrected chi connectivity index (χ0v) is 11.6. The lowest BCUT2D eigenvalue weighted by molar-refractivity contribution is 0.166. The van der Waals surface area contributed by atoms with Crippen molar-refractivity contribution >= 4 is 11.8 Å². The Morgan fingerprint density at radius 1 is 1.38 bits per heavy atom. The largest absolute Gasteiger partial charge is 0.312 e. The maximum atomic E-state index is 3.75. The van der Waals surface area contributed by atoms with Crippen molar-refractivity contribution in [2.24, 2.45) is 0 Å². The van der Waals surface area contributed by atoms with Crippen molar-refractivity contribution in [1.82, 2.24) is 10.2 Å². The minimum absolute atomic E-state index is 0.705. The van der Waals surface area contributed by atoms with Crippen molar-refractivity contribution < 1.29 is 0 Å². The number of thioether (sulfide) groups is 1. The van der Waals surface area contributed by atoms with Crippen LogP contribution in [0.5, 0.6) is 0 Å². The first kappa shape index (κ1) is 12.7. The molecule has 0 bridgehead atoms. The number of hydrogen-bond donors (Lipinski definition) is 1. The minimum atomic E-state index is 0.705. The van der Waals surface area contributed by atoms with E-state index in [2.05, 4.69) is 35.8 Å². The third-order valence-corrected chi connectivity index (χ3v) is 5.23. The third kappa shape index (κ3) is 3.38. The molecule has 94 valence electrons. The summed E-state index contributed by atoms with van der Waals surface area (Å²) >= 11 is 2.11. The molecule has 1 heterocycles. The molecule has 0 radical (unpaired) electrons. The summed E-state index contributed by atoms with van der Waals surface area (Å²) in [7, 11) is 0. The van der Waals surface area contributed by atoms with Crippen LogP contribution >= 0.6 is 11.8 Å². The van der Waals surface area contributed by atoms with E-state index >= 15 is 0 Å². The Balaban J connectivity index is 1.71. The molecule has 2 atom stereocenters. The van der Waals surface area contributed by atoms with Crippen LogP contribution in [-0.2, 0) is 0 Å². The van der Waals surface area contributed by atoms with E-state index in [0.717, 1.165) is 12.1 Å². The fourth-order valence-electron chi connectivity index (χ4n) is 2.98. The van der Waals surface area contributed by atoms with Gasteiger partial charge in [-0.05, 0) is 26.7 Å². The van der Waals surface area contributed by atoms with Crippen LogP contribution in [0.15, 0.2) is 0 Å². The molecule has 1 aliphatic carbocycles. The van der Waals surface area contributed by atoms with Gasteiger partial charge in [-0.3, -0.25) is 4.90 Å². The van der Waals surface area contributed by atoms with E-state index in [0.29, 0.717) is 6.04 Å². The van der Waals surface area contributed by atoms with Crippen LogP contribution in [0.25, 0.3) is 0 Å². The molecule has 0 amide bonds. The highest BCUT2D eigenvalue weighted by Gasteiger charge is 2.24. The normalized spacial score (nSPS) is 30.8. The van der Waals surface area contributed by atoms with Gasteiger partial charge in [0.15, 0.2) is 0 Å². The Labute approximate surface area is 105 Å². The van der Waals surface area contributed by atoms with Crippen LogP contribution in [0.2, 0.25) is 0 Å². The first-order valence-corrected chi connectivity index (χ1v) is 7.99. The van der Waals surface area contributed by atoms with E-state index in [1.165, 1.54) is 50.3 Å². The molecule has 0 spiro atoms. The van der Waals surface area contributed by atoms with Gasteiger partial charge in [0.2, 0.25) is 0 Å². The second kappa shape index (κ2) is 6.27. The average molecular weight is 242 g/mol. The van der Waals surface area contributed by atoms with E-state index in [9.17, 15) is 0 Å². The van der Waals surface area contributed by atoms with E-state index in [1.807, 2.05) is 0 Å². The summed E-state index contributed by atoms with van der Waals surface area (Å²) in [6.07, 6.45) is 5.67. The van der Waals surface area contributed by atoms with Gasteiger partial charge in [0, 0.05) is 42.7 Å². The molecular formula is C13H26N2S. The molecule has 1 aliphatic heterocycles. The van der Waals surface area contributed by atoms with E-state index < -0.39 is 0 Å². The van der Waals surface area contributed by atoms with Gasteiger partial charge in [-0.25, -0.2) is 0 Å². The Kier molecular flexibility index (Phi) is 4.98. The van der Waals surface area contributed by atoms with Gasteiger partial charge in [-0.2, -0.15) is 11.8 Å². The van der Waals surface area contributed by atoms with Crippen LogP contribution < -0.4 is 5.32 Å². The zero-order valence-electron chi connectivity index (χ0n) is 10.7. The molecular weight excluding hydrogens is 216 g/mol. The molecule has 2 aliphatic rings. The average Bonchev–Trinajstić information content (AvgIpc) is 2.79. The van der Waals surface area contributed by atoms with Crippen molar-refractivity contribution in [2.45, 2.75) is 57.7 Å². The van der Waals surface area contributed by atoms with Crippen molar-refractivity contribution in [3.63, 3.8) is 0 Å². The highest BCUT2D eigenvalue weighted by Crippen LogP contribution is 2.20. The van der Waals surface area contributed by atoms with Crippen molar-refractivity contribution in [2.75, 3.05) is 24.6 Å². The summed E-state index contributed by atoms with van der Waals surface area (Å²) in [6.45, 7) is 7.21. The third-order valence-electron chi connectivity index (χ3n) is 4.04. The van der Waals surface area contributed by atoms with Gasteiger partial charge in [0.25, 0.3) is 0 Å². The quantitative estimate of drug-likeness (QED) is 0.814. The van der Waals surface area contributed by atoms with Crippen LogP contribution in [0.1, 0.15) is 39.5 Å². The summed E-state index contributed by atoms with van der Waals surface area (Å²) < 4.78 is 0. The lowest BCUT2D eigenvalue weighted by Crippen LogP contribution is -2.50. The number of rotatable bonds is 4. The molecule has 1 saturated carbocycles. The molecule has 3 heteroatoms. The minimum Gasteiger partial charge on any atom is -0.312 e. The molecule has 0 aromatic rings. The molecule has 2 rings (SSSR count). The summed E-state index contributed by atoms with van der Waals surface area (Å²) in [5, 5.41) is 3.75. The molecule has 0 aromatic carbocycles. The van der Waals surface area contributed by atoms with Gasteiger partial charge in [0.05, 0.1) is 0 Å². The first-order valence-electron chi connectivity index (χ1n) is 6.84. The zero-order chi connectivity index (χ0) is 11.4. The predicted molar refractivity (Wildman–Crippen MR) is 73.2 cm³/mol. The topological polar surface area (TPSA) is 15.3 Å². The van der Waals surface area contributed by atoms with Gasteiger partial charge < -0.3 is 5.32 Å². The highest BCUT2D eigenvalue weighted by molar-refractivity contribution is 7.99. The molecule has 2 nitrogen and oxygen atoms in total. The molecule has 0 aromatic heterocycles. The molecule has 1 N–H and O–H groups in total. The van der Waals surface area contributed by atoms with Gasteiger partial charge in [0.1, 0.15) is 0 Å². The van der Waals surface area contributed by atoms with Crippen molar-refractivity contribution in [3.8, 4) is 0 Å². The Morgan fingerprint density at radius 3 is 2.81 bits per heavy atom. The SMILES string of the molecule is CC(CNC1CCCC1)N1CCSCC1C. The second-order valence-corrected chi connectivity index (χ2v) is 6.55. The molecule has 2 fully saturated rings. The van der Waals surface area contributed by atoms with Gasteiger partial charge in [-0.1, -0.05) is 12.8 Å². The summed E-state index contributed by atoms with van der Waals surface area (Å²) in [4.78, 5) is 2.68. The highest BCUT2D eigenvalue weighted by atomic mass is 32.2. The maximum Gasteiger partial charge on any atom is 0.0195 e. The Hall–Kier alpha value is 0.270. The van der Waals surface area contributed by atoms with Crippen LogP contribution in [0, 0.1) is 0 Å². The maximum absolute atomic E-state index is 3.75. The standard InChI is InChI=1S/C13H26N2S/c1-11(9-14-13-5-3-4-6-13)15-7-8-16-10-12(15)2/h11-14H,3-10H2,1-2H3. The van der Waals surface area contributed by atoms with Gasteiger partial charge >= 0.3 is 0 Å². The van der Waals surface area contributed by atoms with Crippen LogP contribution in [0.4, 0.5) is 0 Å². The number of nitrogens with one attached hydrogen (secondary N) is 1. The lowest BCUT2D eigenvalue weighted by Gasteiger charge is -2.38. The molecule has 2 unspecified atom stereocenters. The Morgan fingerprint density at radius 2 is 2.12 bits per heavy atom. The summed E-state index contributed by atoms with van der Waals surface area (Å²) in [6, 6.07) is 2.28. The van der Waals surface area contributed by atoms with Crippen molar-refractivity contribution in [1.29, 1.82) is 0 Å². The number of nitrogens with zero attached hydrogens (tertiary/aromatic N) is 1. The van der Waals surface area contributed by atoms with E-state index in [4.69, 9.17) is 0 Å². The van der Waals surface area contributed by atoms with Crippen LogP contribution in [-0.4, -0.2) is 47.6 Å². The molecule has 1 saturated heterocycles. The fraction of sp³-hybridized carbons (Fsp3) is 1.00. The molecule has 16 heavy (non-hydrogen) atoms. The predicted octanol–water partition coefficient (Wildman–Crippen LogP) is 2.34. The Bertz CT molecular complexity index is 204. The summed E-state index contributed by atoms with van der Waals surface area (Å²) in [5.41, 5.74) is 0.